The third-order valence-corrected chi connectivity index (χ3v) is 2.50. The molecule has 0 atom stereocenters. The van der Waals surface area contributed by atoms with Crippen molar-refractivity contribution in [3.05, 3.63) is 29.1 Å². The number of benzene rings is 1. The Labute approximate surface area is 75.8 Å². The minimum atomic E-state index is -0.107. The van der Waals surface area contributed by atoms with Gasteiger partial charge in [0, 0.05) is 12.4 Å². The fraction of sp³-hybridized carbons (Fsp3) is 0.333. The van der Waals surface area contributed by atoms with Gasteiger partial charge < -0.3 is 0 Å². The first-order chi connectivity index (χ1) is 5.83. The molecule has 0 N–H and O–H groups in total. The van der Waals surface area contributed by atoms with Gasteiger partial charge in [0.2, 0.25) is 0 Å². The molecule has 0 spiro atoms. The highest BCUT2D eigenvalue weighted by Crippen LogP contribution is 2.32. The molecule has 0 aliphatic heterocycles. The molecule has 0 unspecified atom stereocenters. The molecule has 0 radical (unpaired) electrons. The maximum atomic E-state index is 13.1. The van der Waals surface area contributed by atoms with Crippen molar-refractivity contribution in [1.29, 1.82) is 0 Å². The Kier molecular flexibility index (Phi) is 1.89. The molecule has 1 aliphatic rings. The zero-order valence-electron chi connectivity index (χ0n) is 6.51. The Balaban J connectivity index is 2.64. The number of rotatable bonds is 1. The second-order valence-corrected chi connectivity index (χ2v) is 3.15. The van der Waals surface area contributed by atoms with Crippen molar-refractivity contribution in [1.82, 2.24) is 0 Å². The second kappa shape index (κ2) is 2.90. The first-order valence-corrected chi connectivity index (χ1v) is 4.33. The predicted molar refractivity (Wildman–Crippen MR) is 47.9 cm³/mol. The van der Waals surface area contributed by atoms with Gasteiger partial charge in [-0.3, -0.25) is 0 Å². The molecule has 0 aromatic heterocycles. The lowest BCUT2D eigenvalue weighted by Crippen LogP contribution is -1.87. The van der Waals surface area contributed by atoms with Crippen molar-refractivity contribution in [3.63, 3.8) is 0 Å². The van der Waals surface area contributed by atoms with E-state index in [9.17, 15) is 4.39 Å². The highest BCUT2D eigenvalue weighted by Gasteiger charge is 2.18. The summed E-state index contributed by atoms with van der Waals surface area (Å²) in [7, 11) is 0. The number of fused-ring (bicyclic) bond motifs is 1. The first-order valence-electron chi connectivity index (χ1n) is 3.96. The lowest BCUT2D eigenvalue weighted by Gasteiger charge is -2.02. The quantitative estimate of drug-likeness (QED) is 0.648. The maximum absolute atomic E-state index is 13.1. The third kappa shape index (κ3) is 1.05. The standard InChI is InChI=1S/C9H8FNS/c10-8-4-5-9(11-12)7-3-1-2-6(7)8/h4-5H,1-3H2. The summed E-state index contributed by atoms with van der Waals surface area (Å²) in [5.74, 6) is -0.107. The van der Waals surface area contributed by atoms with Crippen LogP contribution in [0.1, 0.15) is 17.5 Å². The smallest absolute Gasteiger partial charge is 0.126 e. The van der Waals surface area contributed by atoms with Crippen LogP contribution in [0.2, 0.25) is 0 Å². The summed E-state index contributed by atoms with van der Waals surface area (Å²) in [6, 6.07) is 3.11. The molecule has 0 saturated carbocycles. The van der Waals surface area contributed by atoms with Gasteiger partial charge in [-0.15, -0.1) is 0 Å². The van der Waals surface area contributed by atoms with Crippen LogP contribution in [-0.2, 0) is 25.3 Å². The van der Waals surface area contributed by atoms with Crippen molar-refractivity contribution in [2.24, 2.45) is 4.36 Å². The lowest BCUT2D eigenvalue weighted by molar-refractivity contribution is 0.613. The van der Waals surface area contributed by atoms with Gasteiger partial charge in [-0.2, -0.15) is 4.36 Å². The van der Waals surface area contributed by atoms with Crippen LogP contribution in [-0.4, -0.2) is 0 Å². The molecule has 2 rings (SSSR count). The van der Waals surface area contributed by atoms with E-state index in [0.717, 1.165) is 36.1 Å². The number of nitrogens with zero attached hydrogens (tertiary/aromatic N) is 1. The van der Waals surface area contributed by atoms with Crippen molar-refractivity contribution in [3.8, 4) is 0 Å². The summed E-state index contributed by atoms with van der Waals surface area (Å²) in [5.41, 5.74) is 2.62. The normalized spacial score (nSPS) is 14.4. The minimum absolute atomic E-state index is 0.107. The molecule has 62 valence electrons. The van der Waals surface area contributed by atoms with Gasteiger partial charge in [0.25, 0.3) is 0 Å². The number of hydrogen-bond donors (Lipinski definition) is 0. The summed E-state index contributed by atoms with van der Waals surface area (Å²) in [6.07, 6.45) is 2.77. The van der Waals surface area contributed by atoms with Crippen LogP contribution in [0.15, 0.2) is 16.5 Å². The molecular formula is C9H8FNS. The molecule has 12 heavy (non-hydrogen) atoms. The maximum Gasteiger partial charge on any atom is 0.126 e. The Morgan fingerprint density at radius 2 is 2.00 bits per heavy atom. The molecule has 3 heteroatoms. The van der Waals surface area contributed by atoms with Gasteiger partial charge in [-0.25, -0.2) is 4.39 Å². The van der Waals surface area contributed by atoms with Crippen LogP contribution in [0.3, 0.4) is 0 Å². The van der Waals surface area contributed by atoms with Gasteiger partial charge in [0.05, 0.1) is 5.69 Å². The molecule has 0 fully saturated rings. The van der Waals surface area contributed by atoms with Crippen molar-refractivity contribution >= 4 is 18.1 Å². The van der Waals surface area contributed by atoms with E-state index in [0.29, 0.717) is 0 Å². The fourth-order valence-electron chi connectivity index (χ4n) is 1.73. The SMILES string of the molecule is Fc1ccc(N=S)c2c1CCC2. The molecular weight excluding hydrogens is 173 g/mol. The van der Waals surface area contributed by atoms with Crippen LogP contribution in [0.5, 0.6) is 0 Å². The number of halogens is 1. The Bertz CT molecular complexity index is 336. The Hall–Kier alpha value is -0.830. The zero-order chi connectivity index (χ0) is 8.55. The van der Waals surface area contributed by atoms with Gasteiger partial charge in [0.1, 0.15) is 5.82 Å². The first kappa shape index (κ1) is 7.80. The summed E-state index contributed by atoms with van der Waals surface area (Å²) < 4.78 is 16.8. The minimum Gasteiger partial charge on any atom is -0.207 e. The van der Waals surface area contributed by atoms with Crippen LogP contribution in [0.25, 0.3) is 0 Å². The van der Waals surface area contributed by atoms with E-state index >= 15 is 0 Å². The van der Waals surface area contributed by atoms with Crippen molar-refractivity contribution in [2.45, 2.75) is 19.3 Å². The summed E-state index contributed by atoms with van der Waals surface area (Å²) >= 11 is 4.61. The largest absolute Gasteiger partial charge is 0.207 e. The van der Waals surface area contributed by atoms with E-state index in [-0.39, 0.29) is 5.82 Å². The fourth-order valence-corrected chi connectivity index (χ4v) is 1.90. The Morgan fingerprint density at radius 3 is 2.75 bits per heavy atom. The molecule has 1 aliphatic carbocycles. The van der Waals surface area contributed by atoms with Crippen LogP contribution >= 0.6 is 0 Å². The van der Waals surface area contributed by atoms with Gasteiger partial charge in [-0.05, 0) is 42.5 Å². The van der Waals surface area contributed by atoms with E-state index < -0.39 is 0 Å². The van der Waals surface area contributed by atoms with Crippen LogP contribution in [0, 0.1) is 5.82 Å². The molecule has 0 bridgehead atoms. The van der Waals surface area contributed by atoms with E-state index in [1.807, 2.05) is 0 Å². The highest BCUT2D eigenvalue weighted by atomic mass is 32.1. The summed E-state index contributed by atoms with van der Waals surface area (Å²) in [4.78, 5) is 0. The second-order valence-electron chi connectivity index (χ2n) is 2.97. The molecule has 1 aromatic rings. The van der Waals surface area contributed by atoms with E-state index in [2.05, 4.69) is 16.8 Å². The molecule has 0 saturated heterocycles. The average Bonchev–Trinajstić information content (AvgIpc) is 2.54. The molecule has 1 aromatic carbocycles. The summed E-state index contributed by atoms with van der Waals surface area (Å²) in [5, 5.41) is 0. The molecule has 1 nitrogen and oxygen atoms in total. The van der Waals surface area contributed by atoms with Crippen molar-refractivity contribution < 1.29 is 4.39 Å². The van der Waals surface area contributed by atoms with Gasteiger partial charge in [0.15, 0.2) is 0 Å². The highest BCUT2D eigenvalue weighted by molar-refractivity contribution is 7.47. The van der Waals surface area contributed by atoms with Gasteiger partial charge in [-0.1, -0.05) is 0 Å². The van der Waals surface area contributed by atoms with Crippen LogP contribution < -0.4 is 0 Å². The van der Waals surface area contributed by atoms with E-state index in [1.54, 1.807) is 6.07 Å². The Morgan fingerprint density at radius 1 is 1.25 bits per heavy atom. The van der Waals surface area contributed by atoms with E-state index in [1.165, 1.54) is 6.07 Å². The lowest BCUT2D eigenvalue weighted by atomic mass is 10.1. The topological polar surface area (TPSA) is 12.4 Å². The van der Waals surface area contributed by atoms with E-state index in [4.69, 9.17) is 0 Å². The zero-order valence-corrected chi connectivity index (χ0v) is 7.33. The molecule has 0 amide bonds. The predicted octanol–water partition coefficient (Wildman–Crippen LogP) is 2.68. The molecule has 0 heterocycles. The monoisotopic (exact) mass is 181 g/mol. The number of hydrogen-bond acceptors (Lipinski definition) is 2. The van der Waals surface area contributed by atoms with Gasteiger partial charge >= 0.3 is 0 Å². The third-order valence-electron chi connectivity index (χ3n) is 2.30. The average molecular weight is 181 g/mol. The summed E-state index contributed by atoms with van der Waals surface area (Å²) in [6.45, 7) is 0. The van der Waals surface area contributed by atoms with Crippen LogP contribution in [0.4, 0.5) is 10.1 Å². The van der Waals surface area contributed by atoms with Crippen molar-refractivity contribution in [2.75, 3.05) is 0 Å².